The van der Waals surface area contributed by atoms with Gasteiger partial charge >= 0.3 is 0 Å². The van der Waals surface area contributed by atoms with E-state index in [0.29, 0.717) is 22.7 Å². The molecule has 3 aromatic rings. The van der Waals surface area contributed by atoms with Crippen molar-refractivity contribution in [1.82, 2.24) is 4.98 Å². The average molecular weight is 480 g/mol. The highest BCUT2D eigenvalue weighted by molar-refractivity contribution is 7.91. The van der Waals surface area contributed by atoms with Crippen molar-refractivity contribution in [2.24, 2.45) is 0 Å². The van der Waals surface area contributed by atoms with Crippen molar-refractivity contribution in [2.75, 3.05) is 23.5 Å². The van der Waals surface area contributed by atoms with Gasteiger partial charge in [0.25, 0.3) is 5.91 Å². The van der Waals surface area contributed by atoms with E-state index in [1.165, 1.54) is 18.9 Å². The molecular formula is C25H25N3O5S. The van der Waals surface area contributed by atoms with Crippen LogP contribution in [0.5, 0.6) is 5.75 Å². The largest absolute Gasteiger partial charge is 0.494 e. The van der Waals surface area contributed by atoms with Crippen molar-refractivity contribution >= 4 is 33.0 Å². The second-order valence-corrected chi connectivity index (χ2v) is 10.1. The summed E-state index contributed by atoms with van der Waals surface area (Å²) in [6.45, 7) is 0. The van der Waals surface area contributed by atoms with Crippen LogP contribution in [0.25, 0.3) is 0 Å². The Bertz CT molecular complexity index is 1320. The lowest BCUT2D eigenvalue weighted by Gasteiger charge is -2.13. The Balaban J connectivity index is 1.37. The Hall–Kier alpha value is -3.72. The number of aryl methyl sites for hydroxylation is 2. The van der Waals surface area contributed by atoms with E-state index in [1.807, 2.05) is 6.07 Å². The van der Waals surface area contributed by atoms with E-state index in [-0.39, 0.29) is 23.0 Å². The molecular weight excluding hydrogens is 454 g/mol. The van der Waals surface area contributed by atoms with Gasteiger partial charge in [0.1, 0.15) is 5.75 Å². The van der Waals surface area contributed by atoms with Crippen molar-refractivity contribution < 1.29 is 22.7 Å². The summed E-state index contributed by atoms with van der Waals surface area (Å²) in [6, 6.07) is 13.3. The number of carbonyl (C=O) groups excluding carboxylic acids is 2. The van der Waals surface area contributed by atoms with Crippen LogP contribution in [0.1, 0.15) is 34.3 Å². The molecule has 0 fully saturated rings. The van der Waals surface area contributed by atoms with Crippen molar-refractivity contribution in [3.63, 3.8) is 0 Å². The average Bonchev–Trinajstić information content (AvgIpc) is 3.32. The number of sulfone groups is 1. The lowest BCUT2D eigenvalue weighted by molar-refractivity contribution is -0.115. The Morgan fingerprint density at radius 3 is 2.62 bits per heavy atom. The van der Waals surface area contributed by atoms with Crippen LogP contribution >= 0.6 is 0 Å². The number of carbonyl (C=O) groups is 2. The number of aromatic nitrogens is 1. The van der Waals surface area contributed by atoms with E-state index >= 15 is 0 Å². The molecule has 2 aromatic carbocycles. The molecule has 8 nitrogen and oxygen atoms in total. The molecule has 1 heterocycles. The first-order valence-corrected chi connectivity index (χ1v) is 12.5. The number of hydrogen-bond acceptors (Lipinski definition) is 6. The lowest BCUT2D eigenvalue weighted by atomic mass is 10.1. The molecule has 0 bridgehead atoms. The summed E-state index contributed by atoms with van der Waals surface area (Å²) < 4.78 is 30.8. The first-order chi connectivity index (χ1) is 16.4. The summed E-state index contributed by atoms with van der Waals surface area (Å²) in [5.74, 6) is -0.715. The molecule has 2 N–H and O–H groups in total. The SMILES string of the molecule is COc1cc(NC(=O)CCS(=O)(=O)c2ccc3c(c2)CCC3)ccc1NC(=O)c1cccnc1. The number of nitrogens with one attached hydrogen (secondary N) is 2. The summed E-state index contributed by atoms with van der Waals surface area (Å²) in [7, 11) is -2.12. The quantitative estimate of drug-likeness (QED) is 0.510. The second kappa shape index (κ2) is 10.0. The number of rotatable bonds is 8. The fourth-order valence-corrected chi connectivity index (χ4v) is 5.16. The molecule has 1 aliphatic carbocycles. The molecule has 2 amide bonds. The molecule has 0 spiro atoms. The minimum Gasteiger partial charge on any atom is -0.494 e. The number of ether oxygens (including phenoxy) is 1. The minimum atomic E-state index is -3.57. The third-order valence-electron chi connectivity index (χ3n) is 5.68. The van der Waals surface area contributed by atoms with Gasteiger partial charge in [0.2, 0.25) is 5.91 Å². The molecule has 9 heteroatoms. The van der Waals surface area contributed by atoms with Crippen LogP contribution in [0.4, 0.5) is 11.4 Å². The van der Waals surface area contributed by atoms with E-state index in [4.69, 9.17) is 4.74 Å². The maximum Gasteiger partial charge on any atom is 0.257 e. The summed E-state index contributed by atoms with van der Waals surface area (Å²) in [6.07, 6.45) is 5.75. The van der Waals surface area contributed by atoms with Crippen LogP contribution in [0.15, 0.2) is 65.8 Å². The van der Waals surface area contributed by atoms with Gasteiger partial charge in [-0.25, -0.2) is 8.42 Å². The number of nitrogens with zero attached hydrogens (tertiary/aromatic N) is 1. The fourth-order valence-electron chi connectivity index (χ4n) is 3.87. The molecule has 176 valence electrons. The zero-order valence-electron chi connectivity index (χ0n) is 18.7. The highest BCUT2D eigenvalue weighted by Crippen LogP contribution is 2.29. The van der Waals surface area contributed by atoms with Gasteiger partial charge < -0.3 is 15.4 Å². The number of benzene rings is 2. The number of pyridine rings is 1. The Labute approximate surface area is 198 Å². The van der Waals surface area contributed by atoms with Crippen molar-refractivity contribution in [2.45, 2.75) is 30.6 Å². The summed E-state index contributed by atoms with van der Waals surface area (Å²) in [4.78, 5) is 29.0. The number of amides is 2. The number of hydrogen-bond donors (Lipinski definition) is 2. The first kappa shape index (κ1) is 23.4. The van der Waals surface area contributed by atoms with E-state index < -0.39 is 15.7 Å². The van der Waals surface area contributed by atoms with Crippen LogP contribution in [0.2, 0.25) is 0 Å². The zero-order chi connectivity index (χ0) is 24.1. The van der Waals surface area contributed by atoms with E-state index in [9.17, 15) is 18.0 Å². The van der Waals surface area contributed by atoms with Crippen LogP contribution in [-0.4, -0.2) is 38.1 Å². The first-order valence-electron chi connectivity index (χ1n) is 10.9. The molecule has 0 unspecified atom stereocenters. The van der Waals surface area contributed by atoms with E-state index in [0.717, 1.165) is 24.8 Å². The van der Waals surface area contributed by atoms with Gasteiger partial charge in [0.05, 0.1) is 29.0 Å². The molecule has 0 radical (unpaired) electrons. The van der Waals surface area contributed by atoms with Crippen molar-refractivity contribution in [3.8, 4) is 5.75 Å². The second-order valence-electron chi connectivity index (χ2n) is 8.01. The predicted molar refractivity (Wildman–Crippen MR) is 129 cm³/mol. The van der Waals surface area contributed by atoms with Gasteiger partial charge in [-0.1, -0.05) is 6.07 Å². The highest BCUT2D eigenvalue weighted by Gasteiger charge is 2.20. The Morgan fingerprint density at radius 1 is 1.03 bits per heavy atom. The van der Waals surface area contributed by atoms with Crippen LogP contribution < -0.4 is 15.4 Å². The molecule has 0 atom stereocenters. The molecule has 0 aliphatic heterocycles. The third kappa shape index (κ3) is 5.43. The van der Waals surface area contributed by atoms with Gasteiger partial charge in [0, 0.05) is 30.6 Å². The Morgan fingerprint density at radius 2 is 1.85 bits per heavy atom. The van der Waals surface area contributed by atoms with Gasteiger partial charge in [0.15, 0.2) is 9.84 Å². The summed E-state index contributed by atoms with van der Waals surface area (Å²) in [5, 5.41) is 5.43. The van der Waals surface area contributed by atoms with Crippen LogP contribution in [0, 0.1) is 0 Å². The van der Waals surface area contributed by atoms with Crippen molar-refractivity contribution in [3.05, 3.63) is 77.6 Å². The molecule has 34 heavy (non-hydrogen) atoms. The standard InChI is InChI=1S/C25H25N3O5S/c1-33-23-15-20(8-10-22(23)28-25(30)19-6-3-12-26-16-19)27-24(29)11-13-34(31,32)21-9-7-17-4-2-5-18(17)14-21/h3,6-10,12,14-16H,2,4-5,11,13H2,1H3,(H,27,29)(H,28,30). The van der Waals surface area contributed by atoms with E-state index in [1.54, 1.807) is 48.7 Å². The fraction of sp³-hybridized carbons (Fsp3) is 0.240. The predicted octanol–water partition coefficient (Wildman–Crippen LogP) is 3.63. The zero-order valence-corrected chi connectivity index (χ0v) is 19.5. The number of methoxy groups -OCH3 is 1. The van der Waals surface area contributed by atoms with Gasteiger partial charge in [-0.15, -0.1) is 0 Å². The van der Waals surface area contributed by atoms with Gasteiger partial charge in [-0.05, 0) is 66.8 Å². The maximum absolute atomic E-state index is 12.7. The molecule has 1 aliphatic rings. The lowest BCUT2D eigenvalue weighted by Crippen LogP contribution is -2.18. The minimum absolute atomic E-state index is 0.179. The normalized spacial score (nSPS) is 12.6. The number of fused-ring (bicyclic) bond motifs is 1. The Kier molecular flexibility index (Phi) is 6.93. The topological polar surface area (TPSA) is 114 Å². The molecule has 1 aromatic heterocycles. The van der Waals surface area contributed by atoms with Crippen LogP contribution in [-0.2, 0) is 27.5 Å². The summed E-state index contributed by atoms with van der Waals surface area (Å²) >= 11 is 0. The monoisotopic (exact) mass is 479 g/mol. The summed E-state index contributed by atoms with van der Waals surface area (Å²) in [5.41, 5.74) is 3.52. The molecule has 0 saturated heterocycles. The van der Waals surface area contributed by atoms with E-state index in [2.05, 4.69) is 15.6 Å². The van der Waals surface area contributed by atoms with Crippen molar-refractivity contribution in [1.29, 1.82) is 0 Å². The maximum atomic E-state index is 12.7. The number of anilines is 2. The smallest absolute Gasteiger partial charge is 0.257 e. The van der Waals surface area contributed by atoms with Crippen LogP contribution in [0.3, 0.4) is 0 Å². The van der Waals surface area contributed by atoms with Gasteiger partial charge in [-0.2, -0.15) is 0 Å². The molecule has 0 saturated carbocycles. The van der Waals surface area contributed by atoms with Gasteiger partial charge in [-0.3, -0.25) is 14.6 Å². The third-order valence-corrected chi connectivity index (χ3v) is 7.40. The molecule has 4 rings (SSSR count). The highest BCUT2D eigenvalue weighted by atomic mass is 32.2.